The summed E-state index contributed by atoms with van der Waals surface area (Å²) in [6, 6.07) is 10.0. The van der Waals surface area contributed by atoms with Gasteiger partial charge in [0, 0.05) is 17.6 Å². The van der Waals surface area contributed by atoms with Crippen LogP contribution in [0.5, 0.6) is 0 Å². The van der Waals surface area contributed by atoms with Crippen molar-refractivity contribution in [3.8, 4) is 0 Å². The third-order valence-corrected chi connectivity index (χ3v) is 9.91. The van der Waals surface area contributed by atoms with Crippen LogP contribution in [0.2, 0.25) is 0 Å². The second-order valence-corrected chi connectivity index (χ2v) is 11.8. The van der Waals surface area contributed by atoms with E-state index < -0.39 is 54.6 Å². The first-order valence-electron chi connectivity index (χ1n) is 9.42. The van der Waals surface area contributed by atoms with E-state index in [-0.39, 0.29) is 23.3 Å². The third kappa shape index (κ3) is 3.83. The van der Waals surface area contributed by atoms with E-state index in [1.807, 2.05) is 0 Å². The molecule has 0 saturated carbocycles. The van der Waals surface area contributed by atoms with Gasteiger partial charge in [-0.1, -0.05) is 18.2 Å². The van der Waals surface area contributed by atoms with Gasteiger partial charge >= 0.3 is 0 Å². The number of hydrogen-bond donors (Lipinski definition) is 0. The van der Waals surface area contributed by atoms with Crippen LogP contribution in [0.15, 0.2) is 53.4 Å². The average molecular weight is 442 g/mol. The van der Waals surface area contributed by atoms with E-state index in [0.29, 0.717) is 12.8 Å². The molecule has 156 valence electrons. The van der Waals surface area contributed by atoms with E-state index in [4.69, 9.17) is 0 Å². The molecule has 0 aliphatic carbocycles. The first kappa shape index (κ1) is 20.4. The van der Waals surface area contributed by atoms with E-state index in [1.165, 1.54) is 4.31 Å². The minimum absolute atomic E-state index is 0.207. The van der Waals surface area contributed by atoms with E-state index in [2.05, 4.69) is 0 Å². The number of sulfonamides is 1. The highest BCUT2D eigenvalue weighted by Crippen LogP contribution is 2.42. The van der Waals surface area contributed by atoms with Crippen molar-refractivity contribution in [3.63, 3.8) is 0 Å². The molecule has 0 N–H and O–H groups in total. The fraction of sp³-hybridized carbons (Fsp3) is 0.400. The number of sulfone groups is 1. The number of hydrogen-bond acceptors (Lipinski definition) is 4. The highest BCUT2D eigenvalue weighted by atomic mass is 32.2. The van der Waals surface area contributed by atoms with E-state index in [1.54, 1.807) is 30.3 Å². The van der Waals surface area contributed by atoms with Crippen molar-refractivity contribution in [2.75, 3.05) is 0 Å². The Morgan fingerprint density at radius 1 is 0.897 bits per heavy atom. The molecule has 2 unspecified atom stereocenters. The fourth-order valence-corrected chi connectivity index (χ4v) is 8.45. The Labute approximate surface area is 169 Å². The van der Waals surface area contributed by atoms with Gasteiger partial charge in [-0.05, 0) is 56.0 Å². The molecule has 2 heterocycles. The molecule has 2 aromatic rings. The Morgan fingerprint density at radius 2 is 1.52 bits per heavy atom. The molecule has 0 amide bonds. The highest BCUT2D eigenvalue weighted by molar-refractivity contribution is 7.92. The Morgan fingerprint density at radius 3 is 2.14 bits per heavy atom. The van der Waals surface area contributed by atoms with Crippen LogP contribution in [-0.2, 0) is 25.6 Å². The Kier molecular flexibility index (Phi) is 5.25. The molecule has 0 radical (unpaired) electrons. The molecule has 5 nitrogen and oxygen atoms in total. The number of halogens is 2. The standard InChI is InChI=1S/C20H21F2NO4S2/c21-15-6-9-20(22)14(10-15)13-28(24,25)23-16-7-8-17(23)12-19(11-16)29(26,27)18-4-2-1-3-5-18/h1-6,9-10,16-17,19H,7-8,11-13H2. The van der Waals surface area contributed by atoms with Gasteiger partial charge in [0.2, 0.25) is 10.0 Å². The van der Waals surface area contributed by atoms with Crippen LogP contribution in [0.4, 0.5) is 8.78 Å². The van der Waals surface area contributed by atoms with Crippen molar-refractivity contribution in [2.45, 2.75) is 53.7 Å². The van der Waals surface area contributed by atoms with Crippen LogP contribution < -0.4 is 0 Å². The summed E-state index contributed by atoms with van der Waals surface area (Å²) in [5.74, 6) is -2.12. The first-order valence-corrected chi connectivity index (χ1v) is 12.6. The zero-order chi connectivity index (χ0) is 20.8. The molecule has 2 aliphatic heterocycles. The molecule has 0 spiro atoms. The monoisotopic (exact) mass is 441 g/mol. The lowest BCUT2D eigenvalue weighted by Gasteiger charge is -2.37. The maximum absolute atomic E-state index is 14.0. The maximum Gasteiger partial charge on any atom is 0.218 e. The van der Waals surface area contributed by atoms with Crippen molar-refractivity contribution in [3.05, 3.63) is 65.7 Å². The Hall–Kier alpha value is -1.84. The Bertz CT molecular complexity index is 1110. The van der Waals surface area contributed by atoms with Crippen LogP contribution in [0.3, 0.4) is 0 Å². The predicted octanol–water partition coefficient (Wildman–Crippen LogP) is 3.26. The molecule has 2 fully saturated rings. The predicted molar refractivity (Wildman–Crippen MR) is 104 cm³/mol. The minimum atomic E-state index is -3.91. The van der Waals surface area contributed by atoms with Crippen molar-refractivity contribution in [1.29, 1.82) is 0 Å². The lowest BCUT2D eigenvalue weighted by Crippen LogP contribution is -2.50. The zero-order valence-corrected chi connectivity index (χ0v) is 17.2. The molecule has 2 aliphatic rings. The number of fused-ring (bicyclic) bond motifs is 2. The molecule has 2 aromatic carbocycles. The van der Waals surface area contributed by atoms with Crippen molar-refractivity contribution >= 4 is 19.9 Å². The Balaban J connectivity index is 1.57. The maximum atomic E-state index is 14.0. The van der Waals surface area contributed by atoms with E-state index in [9.17, 15) is 25.6 Å². The summed E-state index contributed by atoms with van der Waals surface area (Å²) >= 11 is 0. The second-order valence-electron chi connectivity index (χ2n) is 7.66. The van der Waals surface area contributed by atoms with Crippen LogP contribution in [0.25, 0.3) is 0 Å². The first-order chi connectivity index (χ1) is 13.7. The quantitative estimate of drug-likeness (QED) is 0.714. The van der Waals surface area contributed by atoms with Crippen LogP contribution in [0.1, 0.15) is 31.2 Å². The number of piperidine rings is 1. The van der Waals surface area contributed by atoms with Gasteiger partial charge in [0.1, 0.15) is 11.6 Å². The summed E-state index contributed by atoms with van der Waals surface area (Å²) < 4.78 is 80.7. The van der Waals surface area contributed by atoms with Gasteiger partial charge in [-0.15, -0.1) is 0 Å². The average Bonchev–Trinajstić information content (AvgIpc) is 2.96. The van der Waals surface area contributed by atoms with Gasteiger partial charge in [0.15, 0.2) is 9.84 Å². The smallest absolute Gasteiger partial charge is 0.218 e. The minimum Gasteiger partial charge on any atom is -0.223 e. The summed E-state index contributed by atoms with van der Waals surface area (Å²) in [5, 5.41) is -0.653. The molecular formula is C20H21F2NO4S2. The van der Waals surface area contributed by atoms with Crippen molar-refractivity contribution in [2.24, 2.45) is 0 Å². The van der Waals surface area contributed by atoms with Crippen molar-refractivity contribution in [1.82, 2.24) is 4.31 Å². The van der Waals surface area contributed by atoms with E-state index in [0.717, 1.165) is 18.2 Å². The van der Waals surface area contributed by atoms with Crippen LogP contribution in [-0.4, -0.2) is 38.5 Å². The SMILES string of the molecule is O=S(=O)(c1ccccc1)C1CC2CCC(C1)N2S(=O)(=O)Cc1cc(F)ccc1F. The van der Waals surface area contributed by atoms with Gasteiger partial charge < -0.3 is 0 Å². The third-order valence-electron chi connectivity index (χ3n) is 5.80. The van der Waals surface area contributed by atoms with Crippen LogP contribution >= 0.6 is 0 Å². The van der Waals surface area contributed by atoms with Crippen LogP contribution in [0, 0.1) is 11.6 Å². The van der Waals surface area contributed by atoms with Gasteiger partial charge in [0.25, 0.3) is 0 Å². The van der Waals surface area contributed by atoms with Gasteiger partial charge in [-0.25, -0.2) is 25.6 Å². The fourth-order valence-electron chi connectivity index (χ4n) is 4.52. The molecule has 2 atom stereocenters. The normalized spacial score (nSPS) is 25.2. The summed E-state index contributed by atoms with van der Waals surface area (Å²) in [6.07, 6.45) is 1.55. The van der Waals surface area contributed by atoms with Gasteiger partial charge in [-0.3, -0.25) is 0 Å². The molecule has 29 heavy (non-hydrogen) atoms. The second kappa shape index (κ2) is 7.45. The van der Waals surface area contributed by atoms with Gasteiger partial charge in [-0.2, -0.15) is 4.31 Å². The molecule has 0 aromatic heterocycles. The zero-order valence-electron chi connectivity index (χ0n) is 15.5. The topological polar surface area (TPSA) is 71.5 Å². The van der Waals surface area contributed by atoms with E-state index >= 15 is 0 Å². The lowest BCUT2D eigenvalue weighted by molar-refractivity contribution is 0.248. The largest absolute Gasteiger partial charge is 0.223 e. The molecule has 2 bridgehead atoms. The molecular weight excluding hydrogens is 420 g/mol. The number of nitrogens with zero attached hydrogens (tertiary/aromatic N) is 1. The molecule has 2 saturated heterocycles. The van der Waals surface area contributed by atoms with Gasteiger partial charge in [0.05, 0.1) is 15.9 Å². The molecule has 9 heteroatoms. The van der Waals surface area contributed by atoms with Crippen molar-refractivity contribution < 1.29 is 25.6 Å². The summed E-state index contributed by atoms with van der Waals surface area (Å²) in [7, 11) is -7.47. The summed E-state index contributed by atoms with van der Waals surface area (Å²) in [6.45, 7) is 0. The summed E-state index contributed by atoms with van der Waals surface area (Å²) in [4.78, 5) is 0.238. The number of benzene rings is 2. The highest BCUT2D eigenvalue weighted by Gasteiger charge is 2.49. The number of rotatable bonds is 5. The lowest BCUT2D eigenvalue weighted by atomic mass is 10.1. The molecule has 4 rings (SSSR count). The summed E-state index contributed by atoms with van der Waals surface area (Å²) in [5.41, 5.74) is -0.219.